The van der Waals surface area contributed by atoms with Crippen molar-refractivity contribution in [2.24, 2.45) is 0 Å². The zero-order valence-corrected chi connectivity index (χ0v) is 11.6. The monoisotopic (exact) mass is 276 g/mol. The molecule has 2 heterocycles. The normalized spacial score (nSPS) is 18.3. The average Bonchev–Trinajstić information content (AvgIpc) is 2.99. The predicted molar refractivity (Wildman–Crippen MR) is 73.2 cm³/mol. The van der Waals surface area contributed by atoms with Gasteiger partial charge in [0.25, 0.3) is 5.91 Å². The number of hydrogen-bond acceptors (Lipinski definition) is 3. The maximum atomic E-state index is 12.4. The molecule has 0 atom stereocenters. The molecule has 5 heteroatoms. The molecule has 0 radical (unpaired) electrons. The first kappa shape index (κ1) is 13.2. The summed E-state index contributed by atoms with van der Waals surface area (Å²) in [7, 11) is 0. The van der Waals surface area contributed by atoms with Crippen molar-refractivity contribution in [3.8, 4) is 0 Å². The molecule has 2 fully saturated rings. The van der Waals surface area contributed by atoms with E-state index in [0.717, 1.165) is 38.8 Å². The molecule has 1 saturated heterocycles. The fourth-order valence-electron chi connectivity index (χ4n) is 2.73. The number of nitrogens with zero attached hydrogens (tertiary/aromatic N) is 2. The lowest BCUT2D eigenvalue weighted by atomic mass is 10.2. The third kappa shape index (κ3) is 2.86. The number of carbonyl (C=O) groups excluding carboxylic acids is 2. The molecule has 2 amide bonds. The van der Waals surface area contributed by atoms with Crippen molar-refractivity contribution in [3.05, 3.63) is 24.2 Å². The number of likely N-dealkylation sites (tertiary alicyclic amines) is 1. The first-order valence-electron chi connectivity index (χ1n) is 7.36. The molecular formula is C15H20N2O3. The van der Waals surface area contributed by atoms with Gasteiger partial charge in [0.1, 0.15) is 6.26 Å². The number of amides is 2. The van der Waals surface area contributed by atoms with Crippen LogP contribution in [0.1, 0.15) is 42.5 Å². The van der Waals surface area contributed by atoms with Crippen LogP contribution in [0.4, 0.5) is 0 Å². The maximum Gasteiger partial charge on any atom is 0.257 e. The summed E-state index contributed by atoms with van der Waals surface area (Å²) in [4.78, 5) is 28.2. The van der Waals surface area contributed by atoms with Gasteiger partial charge in [0, 0.05) is 32.1 Å². The molecule has 0 spiro atoms. The molecule has 108 valence electrons. The Hall–Kier alpha value is -1.78. The van der Waals surface area contributed by atoms with Crippen LogP contribution in [0.5, 0.6) is 0 Å². The van der Waals surface area contributed by atoms with E-state index in [2.05, 4.69) is 0 Å². The first-order valence-corrected chi connectivity index (χ1v) is 7.36. The highest BCUT2D eigenvalue weighted by Gasteiger charge is 2.33. The van der Waals surface area contributed by atoms with E-state index in [4.69, 9.17) is 4.42 Å². The van der Waals surface area contributed by atoms with Gasteiger partial charge in [-0.15, -0.1) is 0 Å². The second-order valence-electron chi connectivity index (χ2n) is 5.58. The maximum absolute atomic E-state index is 12.4. The SMILES string of the molecule is O=C(CCN(C(=O)c1ccoc1)C1CC1)N1CCCC1. The van der Waals surface area contributed by atoms with Gasteiger partial charge >= 0.3 is 0 Å². The van der Waals surface area contributed by atoms with E-state index in [-0.39, 0.29) is 11.8 Å². The Balaban J connectivity index is 1.57. The Labute approximate surface area is 118 Å². The van der Waals surface area contributed by atoms with Crippen LogP contribution in [0.25, 0.3) is 0 Å². The highest BCUT2D eigenvalue weighted by molar-refractivity contribution is 5.94. The van der Waals surface area contributed by atoms with Crippen LogP contribution >= 0.6 is 0 Å². The molecule has 20 heavy (non-hydrogen) atoms. The topological polar surface area (TPSA) is 53.8 Å². The van der Waals surface area contributed by atoms with Crippen molar-refractivity contribution in [1.82, 2.24) is 9.80 Å². The van der Waals surface area contributed by atoms with E-state index in [1.807, 2.05) is 9.80 Å². The van der Waals surface area contributed by atoms with E-state index in [1.165, 1.54) is 12.5 Å². The fraction of sp³-hybridized carbons (Fsp3) is 0.600. The number of rotatable bonds is 5. The van der Waals surface area contributed by atoms with Crippen LogP contribution in [-0.4, -0.2) is 47.3 Å². The predicted octanol–water partition coefficient (Wildman–Crippen LogP) is 1.90. The molecule has 2 aliphatic rings. The van der Waals surface area contributed by atoms with Crippen molar-refractivity contribution in [2.75, 3.05) is 19.6 Å². The lowest BCUT2D eigenvalue weighted by Crippen LogP contribution is -2.37. The van der Waals surface area contributed by atoms with Crippen LogP contribution in [-0.2, 0) is 4.79 Å². The van der Waals surface area contributed by atoms with Crippen molar-refractivity contribution in [3.63, 3.8) is 0 Å². The van der Waals surface area contributed by atoms with Crippen LogP contribution in [0.3, 0.4) is 0 Å². The van der Waals surface area contributed by atoms with Crippen molar-refractivity contribution < 1.29 is 14.0 Å². The molecule has 1 aliphatic heterocycles. The molecule has 1 saturated carbocycles. The minimum absolute atomic E-state index is 0.0181. The Bertz CT molecular complexity index is 473. The van der Waals surface area contributed by atoms with Crippen LogP contribution in [0, 0.1) is 0 Å². The highest BCUT2D eigenvalue weighted by Crippen LogP contribution is 2.28. The molecular weight excluding hydrogens is 256 g/mol. The highest BCUT2D eigenvalue weighted by atomic mass is 16.3. The summed E-state index contributed by atoms with van der Waals surface area (Å²) in [6, 6.07) is 1.99. The van der Waals surface area contributed by atoms with Crippen molar-refractivity contribution in [1.29, 1.82) is 0 Å². The Morgan fingerprint density at radius 2 is 2.05 bits per heavy atom. The molecule has 1 aliphatic carbocycles. The summed E-state index contributed by atoms with van der Waals surface area (Å²) in [6.07, 6.45) is 7.70. The zero-order chi connectivity index (χ0) is 13.9. The van der Waals surface area contributed by atoms with Gasteiger partial charge in [-0.2, -0.15) is 0 Å². The number of carbonyl (C=O) groups is 2. The largest absolute Gasteiger partial charge is 0.472 e. The van der Waals surface area contributed by atoms with E-state index in [0.29, 0.717) is 24.6 Å². The zero-order valence-electron chi connectivity index (χ0n) is 11.6. The van der Waals surface area contributed by atoms with E-state index in [9.17, 15) is 9.59 Å². The number of furan rings is 1. The van der Waals surface area contributed by atoms with E-state index >= 15 is 0 Å². The quantitative estimate of drug-likeness (QED) is 0.825. The minimum atomic E-state index is -0.0181. The lowest BCUT2D eigenvalue weighted by molar-refractivity contribution is -0.130. The van der Waals surface area contributed by atoms with Gasteiger partial charge in [-0.1, -0.05) is 0 Å². The Morgan fingerprint density at radius 1 is 1.30 bits per heavy atom. The molecule has 0 unspecified atom stereocenters. The molecule has 1 aromatic rings. The summed E-state index contributed by atoms with van der Waals surface area (Å²) >= 11 is 0. The van der Waals surface area contributed by atoms with E-state index < -0.39 is 0 Å². The van der Waals surface area contributed by atoms with Crippen molar-refractivity contribution in [2.45, 2.75) is 38.1 Å². The lowest BCUT2D eigenvalue weighted by Gasteiger charge is -2.23. The Kier molecular flexibility index (Phi) is 3.76. The van der Waals surface area contributed by atoms with Gasteiger partial charge in [0.05, 0.1) is 11.8 Å². The molecule has 1 aromatic heterocycles. The van der Waals surface area contributed by atoms with E-state index in [1.54, 1.807) is 6.07 Å². The molecule has 3 rings (SSSR count). The summed E-state index contributed by atoms with van der Waals surface area (Å²) in [6.45, 7) is 2.26. The first-order chi connectivity index (χ1) is 9.75. The standard InChI is InChI=1S/C15H20N2O3/c18-14(16-7-1-2-8-16)5-9-17(13-3-4-13)15(19)12-6-10-20-11-12/h6,10-11,13H,1-5,7-9H2. The molecule has 0 bridgehead atoms. The summed E-state index contributed by atoms with van der Waals surface area (Å²) in [5.41, 5.74) is 0.575. The smallest absolute Gasteiger partial charge is 0.257 e. The van der Waals surface area contributed by atoms with Gasteiger partial charge in [0.2, 0.25) is 5.91 Å². The van der Waals surface area contributed by atoms with Crippen LogP contribution in [0.15, 0.2) is 23.0 Å². The summed E-state index contributed by atoms with van der Waals surface area (Å²) in [5, 5.41) is 0. The molecule has 5 nitrogen and oxygen atoms in total. The van der Waals surface area contributed by atoms with Gasteiger partial charge in [0.15, 0.2) is 0 Å². The Morgan fingerprint density at radius 3 is 2.65 bits per heavy atom. The van der Waals surface area contributed by atoms with Crippen LogP contribution < -0.4 is 0 Å². The van der Waals surface area contributed by atoms with Gasteiger partial charge in [-0.25, -0.2) is 0 Å². The summed E-state index contributed by atoms with van der Waals surface area (Å²) in [5.74, 6) is 0.156. The minimum Gasteiger partial charge on any atom is -0.472 e. The molecule has 0 N–H and O–H groups in total. The van der Waals surface area contributed by atoms with Gasteiger partial charge < -0.3 is 14.2 Å². The molecule has 0 aromatic carbocycles. The third-order valence-electron chi connectivity index (χ3n) is 4.04. The fourth-order valence-corrected chi connectivity index (χ4v) is 2.73. The summed E-state index contributed by atoms with van der Waals surface area (Å²) < 4.78 is 4.97. The number of hydrogen-bond donors (Lipinski definition) is 0. The average molecular weight is 276 g/mol. The van der Waals surface area contributed by atoms with Crippen molar-refractivity contribution >= 4 is 11.8 Å². The van der Waals surface area contributed by atoms with Gasteiger partial charge in [-0.3, -0.25) is 9.59 Å². The van der Waals surface area contributed by atoms with Crippen LogP contribution in [0.2, 0.25) is 0 Å². The third-order valence-corrected chi connectivity index (χ3v) is 4.04. The second-order valence-corrected chi connectivity index (χ2v) is 5.58. The second kappa shape index (κ2) is 5.69. The van der Waals surface area contributed by atoms with Gasteiger partial charge in [-0.05, 0) is 31.7 Å².